The van der Waals surface area contributed by atoms with Crippen molar-refractivity contribution in [3.8, 4) is 0 Å². The summed E-state index contributed by atoms with van der Waals surface area (Å²) < 4.78 is 0. The molecule has 98 valence electrons. The number of para-hydroxylation sites is 1. The van der Waals surface area contributed by atoms with Gasteiger partial charge >= 0.3 is 0 Å². The maximum Gasteiger partial charge on any atom is 0.238 e. The fourth-order valence-corrected chi connectivity index (χ4v) is 1.74. The molecule has 2 N–H and O–H groups in total. The van der Waals surface area contributed by atoms with Crippen LogP contribution in [-0.4, -0.2) is 17.4 Å². The van der Waals surface area contributed by atoms with Gasteiger partial charge in [-0.25, -0.2) is 0 Å². The summed E-state index contributed by atoms with van der Waals surface area (Å²) in [6, 6.07) is 13.4. The number of rotatable bonds is 5. The third-order valence-electron chi connectivity index (χ3n) is 2.83. The molecule has 1 aromatic heterocycles. The fraction of sp³-hybridized carbons (Fsp3) is 0.200. The zero-order valence-corrected chi connectivity index (χ0v) is 10.8. The molecular weight excluding hydrogens is 238 g/mol. The van der Waals surface area contributed by atoms with E-state index in [-0.39, 0.29) is 18.5 Å². The second kappa shape index (κ2) is 6.66. The minimum Gasteiger partial charge on any atom is -0.325 e. The molecule has 0 bridgehead atoms. The number of hydrogen-bond donors (Lipinski definition) is 2. The number of benzene rings is 1. The number of anilines is 1. The Kier molecular flexibility index (Phi) is 4.64. The molecule has 1 atom stereocenters. The van der Waals surface area contributed by atoms with Gasteiger partial charge in [-0.05, 0) is 36.8 Å². The van der Waals surface area contributed by atoms with Crippen molar-refractivity contribution in [2.75, 3.05) is 11.9 Å². The lowest BCUT2D eigenvalue weighted by atomic mass is 10.1. The number of pyridine rings is 1. The molecule has 1 unspecified atom stereocenters. The van der Waals surface area contributed by atoms with E-state index in [1.165, 1.54) is 0 Å². The van der Waals surface area contributed by atoms with E-state index in [9.17, 15) is 4.79 Å². The van der Waals surface area contributed by atoms with Gasteiger partial charge in [-0.2, -0.15) is 0 Å². The van der Waals surface area contributed by atoms with Crippen molar-refractivity contribution in [3.05, 3.63) is 60.4 Å². The molecule has 0 saturated carbocycles. The minimum atomic E-state index is -0.0490. The van der Waals surface area contributed by atoms with Crippen molar-refractivity contribution in [1.82, 2.24) is 10.3 Å². The molecule has 0 aliphatic heterocycles. The summed E-state index contributed by atoms with van der Waals surface area (Å²) in [7, 11) is 0. The highest BCUT2D eigenvalue weighted by molar-refractivity contribution is 5.92. The molecule has 1 aromatic carbocycles. The number of nitrogens with zero attached hydrogens (tertiary/aromatic N) is 1. The zero-order chi connectivity index (χ0) is 13.5. The van der Waals surface area contributed by atoms with Crippen molar-refractivity contribution in [2.24, 2.45) is 0 Å². The summed E-state index contributed by atoms with van der Waals surface area (Å²) in [4.78, 5) is 15.7. The zero-order valence-electron chi connectivity index (χ0n) is 10.8. The van der Waals surface area contributed by atoms with Crippen LogP contribution in [0, 0.1) is 0 Å². The number of hydrogen-bond acceptors (Lipinski definition) is 3. The number of nitrogens with one attached hydrogen (secondary N) is 2. The average molecular weight is 255 g/mol. The number of carbonyl (C=O) groups excluding carboxylic acids is 1. The van der Waals surface area contributed by atoms with Crippen LogP contribution in [0.4, 0.5) is 5.69 Å². The van der Waals surface area contributed by atoms with E-state index < -0.39 is 0 Å². The molecule has 1 amide bonds. The highest BCUT2D eigenvalue weighted by Gasteiger charge is 2.07. The van der Waals surface area contributed by atoms with E-state index in [0.29, 0.717) is 0 Å². The van der Waals surface area contributed by atoms with Crippen molar-refractivity contribution >= 4 is 11.6 Å². The minimum absolute atomic E-state index is 0.0490. The van der Waals surface area contributed by atoms with E-state index >= 15 is 0 Å². The smallest absolute Gasteiger partial charge is 0.238 e. The second-order valence-corrected chi connectivity index (χ2v) is 4.30. The standard InChI is InChI=1S/C15H17N3O/c1-12(13-7-9-16-10-8-13)17-11-15(19)18-14-5-3-2-4-6-14/h2-10,12,17H,11H2,1H3,(H,18,19). The highest BCUT2D eigenvalue weighted by Crippen LogP contribution is 2.09. The lowest BCUT2D eigenvalue weighted by Gasteiger charge is -2.13. The molecule has 0 radical (unpaired) electrons. The van der Waals surface area contributed by atoms with Crippen LogP contribution in [0.3, 0.4) is 0 Å². The van der Waals surface area contributed by atoms with Crippen molar-refractivity contribution in [3.63, 3.8) is 0 Å². The fourth-order valence-electron chi connectivity index (χ4n) is 1.74. The Morgan fingerprint density at radius 3 is 2.53 bits per heavy atom. The lowest BCUT2D eigenvalue weighted by molar-refractivity contribution is -0.115. The first kappa shape index (κ1) is 13.2. The van der Waals surface area contributed by atoms with Gasteiger partial charge in [0, 0.05) is 24.1 Å². The molecule has 0 spiro atoms. The first-order valence-electron chi connectivity index (χ1n) is 6.24. The van der Waals surface area contributed by atoms with Crippen molar-refractivity contribution in [2.45, 2.75) is 13.0 Å². The van der Waals surface area contributed by atoms with E-state index in [1.54, 1.807) is 12.4 Å². The summed E-state index contributed by atoms with van der Waals surface area (Å²) in [5.74, 6) is -0.0490. The van der Waals surface area contributed by atoms with Crippen LogP contribution in [0.2, 0.25) is 0 Å². The third kappa shape index (κ3) is 4.19. The normalized spacial score (nSPS) is 11.8. The number of carbonyl (C=O) groups is 1. The van der Waals surface area contributed by atoms with Gasteiger partial charge in [0.1, 0.15) is 0 Å². The van der Waals surface area contributed by atoms with E-state index in [1.807, 2.05) is 49.4 Å². The lowest BCUT2D eigenvalue weighted by Crippen LogP contribution is -2.30. The summed E-state index contributed by atoms with van der Waals surface area (Å²) >= 11 is 0. The summed E-state index contributed by atoms with van der Waals surface area (Å²) in [5.41, 5.74) is 1.92. The number of amides is 1. The molecule has 19 heavy (non-hydrogen) atoms. The Hall–Kier alpha value is -2.20. The average Bonchev–Trinajstić information content (AvgIpc) is 2.47. The van der Waals surface area contributed by atoms with Crippen LogP contribution in [0.15, 0.2) is 54.9 Å². The van der Waals surface area contributed by atoms with Gasteiger partial charge in [-0.3, -0.25) is 9.78 Å². The van der Waals surface area contributed by atoms with Gasteiger partial charge < -0.3 is 10.6 Å². The molecule has 4 heteroatoms. The molecule has 0 aliphatic carbocycles. The third-order valence-corrected chi connectivity index (χ3v) is 2.83. The maximum atomic E-state index is 11.8. The maximum absolute atomic E-state index is 11.8. The highest BCUT2D eigenvalue weighted by atomic mass is 16.1. The van der Waals surface area contributed by atoms with Crippen molar-refractivity contribution in [1.29, 1.82) is 0 Å². The molecule has 0 saturated heterocycles. The van der Waals surface area contributed by atoms with Crippen LogP contribution >= 0.6 is 0 Å². The Bertz CT molecular complexity index is 513. The van der Waals surface area contributed by atoms with Crippen molar-refractivity contribution < 1.29 is 4.79 Å². The van der Waals surface area contributed by atoms with Gasteiger partial charge in [0.15, 0.2) is 0 Å². The van der Waals surface area contributed by atoms with Crippen LogP contribution in [0.5, 0.6) is 0 Å². The van der Waals surface area contributed by atoms with E-state index in [2.05, 4.69) is 15.6 Å². The van der Waals surface area contributed by atoms with Crippen LogP contribution in [0.1, 0.15) is 18.5 Å². The molecule has 2 aromatic rings. The Balaban J connectivity index is 1.81. The van der Waals surface area contributed by atoms with E-state index in [0.717, 1.165) is 11.3 Å². The first-order valence-corrected chi connectivity index (χ1v) is 6.24. The van der Waals surface area contributed by atoms with E-state index in [4.69, 9.17) is 0 Å². The number of aromatic nitrogens is 1. The van der Waals surface area contributed by atoms with Gasteiger partial charge in [-0.15, -0.1) is 0 Å². The molecule has 2 rings (SSSR count). The largest absolute Gasteiger partial charge is 0.325 e. The second-order valence-electron chi connectivity index (χ2n) is 4.30. The Morgan fingerprint density at radius 1 is 1.16 bits per heavy atom. The summed E-state index contributed by atoms with van der Waals surface area (Å²) in [6.07, 6.45) is 3.50. The molecule has 4 nitrogen and oxygen atoms in total. The SMILES string of the molecule is CC(NCC(=O)Nc1ccccc1)c1ccncc1. The first-order chi connectivity index (χ1) is 9.25. The van der Waals surface area contributed by atoms with Gasteiger partial charge in [0.2, 0.25) is 5.91 Å². The van der Waals surface area contributed by atoms with Crippen LogP contribution in [0.25, 0.3) is 0 Å². The van der Waals surface area contributed by atoms with Gasteiger partial charge in [0.25, 0.3) is 0 Å². The topological polar surface area (TPSA) is 54.0 Å². The monoisotopic (exact) mass is 255 g/mol. The molecule has 1 heterocycles. The summed E-state index contributed by atoms with van der Waals surface area (Å²) in [6.45, 7) is 2.30. The summed E-state index contributed by atoms with van der Waals surface area (Å²) in [5, 5.41) is 6.01. The van der Waals surface area contributed by atoms with Crippen LogP contribution in [-0.2, 0) is 4.79 Å². The quantitative estimate of drug-likeness (QED) is 0.862. The molecule has 0 fully saturated rings. The molecule has 0 aliphatic rings. The Morgan fingerprint density at radius 2 is 1.84 bits per heavy atom. The van der Waals surface area contributed by atoms with Crippen LogP contribution < -0.4 is 10.6 Å². The van der Waals surface area contributed by atoms with Gasteiger partial charge in [0.05, 0.1) is 6.54 Å². The predicted molar refractivity (Wildman–Crippen MR) is 75.7 cm³/mol. The Labute approximate surface area is 112 Å². The molecular formula is C15H17N3O. The van der Waals surface area contributed by atoms with Gasteiger partial charge in [-0.1, -0.05) is 18.2 Å². The predicted octanol–water partition coefficient (Wildman–Crippen LogP) is 2.37.